The minimum absolute atomic E-state index is 0.0544. The summed E-state index contributed by atoms with van der Waals surface area (Å²) in [7, 11) is -9.68. The molecule has 2 aromatic carbocycles. The fraction of sp³-hybridized carbons (Fsp3) is 0.760. The summed E-state index contributed by atoms with van der Waals surface area (Å²) < 4.78 is 42.4. The van der Waals surface area contributed by atoms with Gasteiger partial charge in [-0.25, -0.2) is 0 Å². The van der Waals surface area contributed by atoms with Gasteiger partial charge in [0.1, 0.15) is 12.9 Å². The number of carbonyl (C=O) groups excluding carboxylic acids is 1. The molecule has 107 heavy (non-hydrogen) atoms. The van der Waals surface area contributed by atoms with Crippen molar-refractivity contribution in [2.75, 3.05) is 6.16 Å². The molecule has 6 aliphatic carbocycles. The standard InChI is InChI=1S/C42H78O2Si2.C28H39O2PSi.C26H50O2Si/c1-15-42(16-2,44-46(17-3,18-4)19-5)29-20-22-32(6)37-26-27-38-36(23-21-28-41(37,38)12)25-24-35-30-33(7)34(8)39(31-35)43-45(13,14)40(9,10)11;1-22-20-24(21-27(23(22)2)30-32(6,7)28(3,4)5)18-19-31(29,25-14-10-8-11-15-25)26-16-12-9-13-17-26;1-8-26(9-2,28-29(10-3,11-4)12-5)20-13-15-21(6)22-17-18-23-24(27)16-14-19-25(22,23)7/h24-25,32-33,37-39H,8,15-23,26-31H2,1-7,9-14H3;8-18,22,27H,2,19-21H2,1,3-7H3;21-23H,8-20H2,1-7H3/b35-24+,36-25+;24-18+;/t32-,33+,37?,38?,39+,41+;22-,27-;21-,22?,23-,25+/m010/s1. The van der Waals surface area contributed by atoms with Gasteiger partial charge in [-0.3, -0.25) is 4.79 Å². The molecule has 3 unspecified atom stereocenters. The first-order chi connectivity index (χ1) is 50.1. The Morgan fingerprint density at radius 3 is 1.30 bits per heavy atom. The minimum Gasteiger partial charge on any atom is -0.411 e. The normalized spacial score (nSPS) is 27.6. The molecule has 0 radical (unpaired) electrons. The van der Waals surface area contributed by atoms with Gasteiger partial charge in [0.05, 0.1) is 23.4 Å². The zero-order chi connectivity index (χ0) is 79.8. The van der Waals surface area contributed by atoms with Crippen LogP contribution in [0.15, 0.2) is 120 Å². The number of Topliss-reactive ketones (excluding diaryl/α,β-unsaturated/α-hetero) is 1. The second kappa shape index (κ2) is 39.9. The summed E-state index contributed by atoms with van der Waals surface area (Å²) in [5.41, 5.74) is 8.14. The fourth-order valence-corrected chi connectivity index (χ4v) is 32.5. The van der Waals surface area contributed by atoms with Gasteiger partial charge in [0.15, 0.2) is 33.3 Å². The van der Waals surface area contributed by atoms with E-state index < -0.39 is 40.4 Å². The predicted molar refractivity (Wildman–Crippen MR) is 479 cm³/mol. The summed E-state index contributed by atoms with van der Waals surface area (Å²) in [4.78, 5) is 12.5. The molecule has 0 aromatic heterocycles. The Morgan fingerprint density at radius 1 is 0.533 bits per heavy atom. The molecule has 11 heteroatoms. The lowest BCUT2D eigenvalue weighted by Gasteiger charge is -2.45. The molecule has 6 aliphatic rings. The third-order valence-corrected chi connectivity index (χ3v) is 52.8. The Hall–Kier alpha value is -2.25. The van der Waals surface area contributed by atoms with E-state index in [0.717, 1.165) is 111 Å². The highest BCUT2D eigenvalue weighted by Crippen LogP contribution is 2.61. The maximum atomic E-state index is 14.4. The molecule has 0 heterocycles. The van der Waals surface area contributed by atoms with E-state index in [1.807, 2.05) is 60.7 Å². The summed E-state index contributed by atoms with van der Waals surface area (Å²) in [6.07, 6.45) is 37.0. The van der Waals surface area contributed by atoms with Crippen LogP contribution in [0.1, 0.15) is 306 Å². The second-order valence-electron chi connectivity index (χ2n) is 39.4. The molecule has 2 aromatic rings. The number of carbonyl (C=O) groups is 1. The van der Waals surface area contributed by atoms with Crippen LogP contribution in [-0.4, -0.2) is 68.6 Å². The van der Waals surface area contributed by atoms with Gasteiger partial charge in [-0.15, -0.1) is 0 Å². The summed E-state index contributed by atoms with van der Waals surface area (Å²) in [6, 6.07) is 27.4. The molecule has 0 spiro atoms. The molecule has 6 fully saturated rings. The Kier molecular flexibility index (Phi) is 34.9. The molecule has 0 amide bonds. The SMILES string of the molecule is C=C1[C@H](C)C/C(=C\C=C2/CCC[C@@]3(C)C2CCC3[C@@H](C)CCCC(CC)(CC)O[Si](CC)(CC)CC)C[C@H]1O[Si](C)(C)C(C)(C)C.C=C1[C@H](C)C/C(=C\CP(=O)(c2ccccc2)c2ccccc2)C[C@H]1O[Si](C)(C)C(C)(C)C.CCC(CC)(CCC[C@H](C)C1CC[C@H]2C(=O)CCC[C@]12C)O[Si](CC)(CC)CC. The van der Waals surface area contributed by atoms with Crippen molar-refractivity contribution in [1.29, 1.82) is 0 Å². The number of fused-ring (bicyclic) bond motifs is 2. The highest BCUT2D eigenvalue weighted by molar-refractivity contribution is 7.78. The molecule has 0 bridgehead atoms. The maximum absolute atomic E-state index is 14.4. The van der Waals surface area contributed by atoms with Gasteiger partial charge in [0, 0.05) is 29.1 Å². The molecule has 6 saturated carbocycles. The van der Waals surface area contributed by atoms with Crippen LogP contribution in [0.25, 0.3) is 0 Å². The number of hydrogen-bond donors (Lipinski definition) is 0. The van der Waals surface area contributed by atoms with Gasteiger partial charge in [0.2, 0.25) is 0 Å². The maximum Gasteiger partial charge on any atom is 0.192 e. The molecule has 6 nitrogen and oxygen atoms in total. The summed E-state index contributed by atoms with van der Waals surface area (Å²) in [5.74, 6) is 5.68. The smallest absolute Gasteiger partial charge is 0.192 e. The van der Waals surface area contributed by atoms with E-state index in [0.29, 0.717) is 35.1 Å². The Morgan fingerprint density at radius 2 is 0.907 bits per heavy atom. The predicted octanol–water partition coefficient (Wildman–Crippen LogP) is 29.3. The minimum atomic E-state index is -2.74. The lowest BCUT2D eigenvalue weighted by atomic mass is 9.60. The Balaban J connectivity index is 0.000000260. The largest absolute Gasteiger partial charge is 0.411 e. The average Bonchev–Trinajstić information content (AvgIpc) is 1.62. The summed E-state index contributed by atoms with van der Waals surface area (Å²) in [6.45, 7) is 70.6. The van der Waals surface area contributed by atoms with Crippen molar-refractivity contribution in [3.8, 4) is 0 Å². The molecule has 0 aliphatic heterocycles. The summed E-state index contributed by atoms with van der Waals surface area (Å²) in [5, 5.41) is 2.22. The molecule has 0 saturated heterocycles. The monoisotopic (exact) mass is 1560 g/mol. The van der Waals surface area contributed by atoms with Crippen LogP contribution in [0.4, 0.5) is 0 Å². The molecule has 8 rings (SSSR count). The van der Waals surface area contributed by atoms with Crippen molar-refractivity contribution in [3.05, 3.63) is 120 Å². The van der Waals surface area contributed by atoms with Gasteiger partial charge in [0.25, 0.3) is 0 Å². The first-order valence-electron chi connectivity index (χ1n) is 44.6. The van der Waals surface area contributed by atoms with E-state index in [9.17, 15) is 9.36 Å². The quantitative estimate of drug-likeness (QED) is 0.0403. The van der Waals surface area contributed by atoms with Gasteiger partial charge >= 0.3 is 0 Å². The molecular weight excluding hydrogens is 1390 g/mol. The van der Waals surface area contributed by atoms with Crippen LogP contribution >= 0.6 is 7.14 Å². The second-order valence-corrected chi connectivity index (χ2v) is 61.2. The highest BCUT2D eigenvalue weighted by Gasteiger charge is 2.54. The number of allylic oxidation sites excluding steroid dienone is 4. The zero-order valence-corrected chi connectivity index (χ0v) is 79.4. The van der Waals surface area contributed by atoms with Crippen LogP contribution in [0, 0.1) is 58.2 Å². The lowest BCUT2D eigenvalue weighted by molar-refractivity contribution is -0.130. The molecule has 12 atom stereocenters. The number of rotatable bonds is 33. The van der Waals surface area contributed by atoms with E-state index in [-0.39, 0.29) is 38.9 Å². The zero-order valence-electron chi connectivity index (χ0n) is 74.5. The topological polar surface area (TPSA) is 71.1 Å². The van der Waals surface area contributed by atoms with Crippen molar-refractivity contribution >= 4 is 56.8 Å². The third-order valence-electron chi connectivity index (χ3n) is 31.4. The van der Waals surface area contributed by atoms with Crippen LogP contribution in [0.2, 0.25) is 72.5 Å². The van der Waals surface area contributed by atoms with Crippen LogP contribution < -0.4 is 10.6 Å². The Bertz CT molecular complexity index is 3180. The fourth-order valence-electron chi connectivity index (χ4n) is 20.8. The van der Waals surface area contributed by atoms with Crippen LogP contribution in [0.5, 0.6) is 0 Å². The van der Waals surface area contributed by atoms with E-state index in [1.54, 1.807) is 11.1 Å². The summed E-state index contributed by atoms with van der Waals surface area (Å²) >= 11 is 0. The van der Waals surface area contributed by atoms with Gasteiger partial charge in [-0.05, 0) is 258 Å². The van der Waals surface area contributed by atoms with Gasteiger partial charge < -0.3 is 22.3 Å². The van der Waals surface area contributed by atoms with E-state index >= 15 is 0 Å². The van der Waals surface area contributed by atoms with Crippen LogP contribution in [0.3, 0.4) is 0 Å². The Labute approximate surface area is 666 Å². The van der Waals surface area contributed by atoms with Crippen molar-refractivity contribution < 1.29 is 27.1 Å². The molecule has 0 N–H and O–H groups in total. The highest BCUT2D eigenvalue weighted by atomic mass is 31.2. The van der Waals surface area contributed by atoms with Gasteiger partial charge in [-0.2, -0.15) is 0 Å². The van der Waals surface area contributed by atoms with E-state index in [2.05, 4.69) is 210 Å². The third kappa shape index (κ3) is 22.9. The first-order valence-corrected chi connectivity index (χ1v) is 57.3. The number of hydrogen-bond acceptors (Lipinski definition) is 6. The van der Waals surface area contributed by atoms with Crippen molar-refractivity contribution in [2.24, 2.45) is 58.2 Å². The van der Waals surface area contributed by atoms with Crippen molar-refractivity contribution in [2.45, 2.75) is 402 Å². The van der Waals surface area contributed by atoms with E-state index in [1.165, 1.54) is 136 Å². The number of ketones is 1. The average molecular weight is 1560 g/mol. The van der Waals surface area contributed by atoms with Gasteiger partial charge in [-0.1, -0.05) is 287 Å². The van der Waals surface area contributed by atoms with Crippen molar-refractivity contribution in [3.63, 3.8) is 0 Å². The van der Waals surface area contributed by atoms with E-state index in [4.69, 9.17) is 17.7 Å². The van der Waals surface area contributed by atoms with Crippen LogP contribution in [-0.2, 0) is 27.1 Å². The lowest BCUT2D eigenvalue weighted by Crippen LogP contribution is -2.47. The molecule has 608 valence electrons. The first kappa shape index (κ1) is 93.6. The molecular formula is C96H167O6PSi4. The van der Waals surface area contributed by atoms with Crippen molar-refractivity contribution in [1.82, 2.24) is 0 Å². The number of benzene rings is 2.